The van der Waals surface area contributed by atoms with E-state index in [0.29, 0.717) is 11.0 Å². The summed E-state index contributed by atoms with van der Waals surface area (Å²) >= 11 is 0. The van der Waals surface area contributed by atoms with Crippen LogP contribution in [-0.4, -0.2) is 44.6 Å². The molecule has 1 radical (unpaired) electrons. The van der Waals surface area contributed by atoms with E-state index >= 15 is 0 Å². The molecule has 3 aromatic rings. The van der Waals surface area contributed by atoms with Crippen molar-refractivity contribution in [1.82, 2.24) is 0 Å². The third-order valence-corrected chi connectivity index (χ3v) is 4.76. The molecule has 0 N–H and O–H groups in total. The van der Waals surface area contributed by atoms with Crippen molar-refractivity contribution in [1.29, 1.82) is 0 Å². The zero-order valence-electron chi connectivity index (χ0n) is 13.2. The van der Waals surface area contributed by atoms with Gasteiger partial charge < -0.3 is 0 Å². The van der Waals surface area contributed by atoms with Crippen molar-refractivity contribution >= 4 is 61.2 Å². The molecular formula is C18H16NaO3S. The molecule has 5 heteroatoms. The maximum atomic E-state index is 12.4. The summed E-state index contributed by atoms with van der Waals surface area (Å²) in [5.41, 5.74) is 0.661. The minimum Gasteiger partial charge on any atom is -0.262 e. The SMILES string of the molecule is C=C(C)COS(=O)(=O)c1cccc2cc3ccccc3cc12.[Na]. The molecule has 0 heterocycles. The molecule has 0 atom stereocenters. The molecule has 0 saturated carbocycles. The standard InChI is InChI=1S/C18H16O3S.Na/c1-13(2)12-21-22(19,20)18-9-5-8-16-10-14-6-3-4-7-15(14)11-17(16)18;/h3-11H,1,12H2,2H3;. The Morgan fingerprint density at radius 2 is 1.61 bits per heavy atom. The normalized spacial score (nSPS) is 11.3. The first kappa shape index (κ1) is 18.2. The van der Waals surface area contributed by atoms with Gasteiger partial charge in [0.05, 0.1) is 6.61 Å². The largest absolute Gasteiger partial charge is 0.297 e. The van der Waals surface area contributed by atoms with Crippen LogP contribution in [0.2, 0.25) is 0 Å². The summed E-state index contributed by atoms with van der Waals surface area (Å²) in [5.74, 6) is 0. The van der Waals surface area contributed by atoms with Crippen molar-refractivity contribution < 1.29 is 12.6 Å². The zero-order chi connectivity index (χ0) is 15.7. The van der Waals surface area contributed by atoms with Crippen molar-refractivity contribution in [2.75, 3.05) is 6.61 Å². The second-order valence-electron chi connectivity index (χ2n) is 5.35. The first-order chi connectivity index (χ1) is 10.5. The van der Waals surface area contributed by atoms with Crippen LogP contribution in [0, 0.1) is 0 Å². The Morgan fingerprint density at radius 3 is 2.26 bits per heavy atom. The van der Waals surface area contributed by atoms with Gasteiger partial charge in [0, 0.05) is 34.9 Å². The van der Waals surface area contributed by atoms with E-state index in [1.165, 1.54) is 0 Å². The molecule has 0 unspecified atom stereocenters. The molecule has 113 valence electrons. The van der Waals surface area contributed by atoms with E-state index in [0.717, 1.165) is 16.2 Å². The van der Waals surface area contributed by atoms with Gasteiger partial charge in [-0.25, -0.2) is 0 Å². The van der Waals surface area contributed by atoms with E-state index in [9.17, 15) is 8.42 Å². The van der Waals surface area contributed by atoms with Gasteiger partial charge in [-0.15, -0.1) is 0 Å². The Hall–Kier alpha value is -1.17. The predicted octanol–water partition coefficient (Wildman–Crippen LogP) is 3.89. The number of hydrogen-bond donors (Lipinski definition) is 0. The fraction of sp³-hybridized carbons (Fsp3) is 0.111. The smallest absolute Gasteiger partial charge is 0.262 e. The second-order valence-corrected chi connectivity index (χ2v) is 6.93. The maximum absolute atomic E-state index is 12.4. The molecule has 23 heavy (non-hydrogen) atoms. The van der Waals surface area contributed by atoms with E-state index in [1.807, 2.05) is 42.5 Å². The third kappa shape index (κ3) is 3.84. The van der Waals surface area contributed by atoms with Crippen molar-refractivity contribution in [3.05, 3.63) is 66.7 Å². The summed E-state index contributed by atoms with van der Waals surface area (Å²) in [6.07, 6.45) is 0. The Kier molecular flexibility index (Phi) is 5.65. The average Bonchev–Trinajstić information content (AvgIpc) is 2.50. The summed E-state index contributed by atoms with van der Waals surface area (Å²) in [4.78, 5) is 0.192. The quantitative estimate of drug-likeness (QED) is 0.314. The molecule has 0 spiro atoms. The average molecular weight is 335 g/mol. The number of rotatable bonds is 4. The van der Waals surface area contributed by atoms with Gasteiger partial charge in [-0.3, -0.25) is 4.18 Å². The topological polar surface area (TPSA) is 43.4 Å². The summed E-state index contributed by atoms with van der Waals surface area (Å²) in [6.45, 7) is 5.39. The minimum atomic E-state index is -3.81. The van der Waals surface area contributed by atoms with Gasteiger partial charge in [-0.1, -0.05) is 48.6 Å². The Balaban J connectivity index is 0.00000192. The Morgan fingerprint density at radius 1 is 1.00 bits per heavy atom. The van der Waals surface area contributed by atoms with Gasteiger partial charge in [0.2, 0.25) is 0 Å². The molecule has 0 amide bonds. The van der Waals surface area contributed by atoms with Crippen LogP contribution in [0.3, 0.4) is 0 Å². The molecule has 0 aliphatic rings. The Labute approximate surface area is 158 Å². The van der Waals surface area contributed by atoms with Crippen LogP contribution >= 0.6 is 0 Å². The second kappa shape index (κ2) is 7.16. The fourth-order valence-electron chi connectivity index (χ4n) is 2.40. The van der Waals surface area contributed by atoms with Gasteiger partial charge in [0.25, 0.3) is 10.1 Å². The molecule has 3 aromatic carbocycles. The number of hydrogen-bond acceptors (Lipinski definition) is 3. The third-order valence-electron chi connectivity index (χ3n) is 3.44. The van der Waals surface area contributed by atoms with Crippen LogP contribution in [-0.2, 0) is 14.3 Å². The van der Waals surface area contributed by atoms with Crippen molar-refractivity contribution in [3.63, 3.8) is 0 Å². The molecule has 3 rings (SSSR count). The van der Waals surface area contributed by atoms with Crippen LogP contribution in [0.5, 0.6) is 0 Å². The van der Waals surface area contributed by atoms with E-state index in [4.69, 9.17) is 4.18 Å². The monoisotopic (exact) mass is 335 g/mol. The molecule has 0 bridgehead atoms. The minimum absolute atomic E-state index is 0. The first-order valence-electron chi connectivity index (χ1n) is 6.93. The van der Waals surface area contributed by atoms with Gasteiger partial charge in [0.15, 0.2) is 0 Å². The predicted molar refractivity (Wildman–Crippen MR) is 95.2 cm³/mol. The molecule has 0 aliphatic carbocycles. The van der Waals surface area contributed by atoms with Crippen LogP contribution in [0.25, 0.3) is 21.5 Å². The summed E-state index contributed by atoms with van der Waals surface area (Å²) in [5, 5.41) is 3.62. The van der Waals surface area contributed by atoms with E-state index < -0.39 is 10.1 Å². The van der Waals surface area contributed by atoms with Crippen LogP contribution in [0.15, 0.2) is 71.6 Å². The first-order valence-corrected chi connectivity index (χ1v) is 8.33. The van der Waals surface area contributed by atoms with Gasteiger partial charge in [-0.05, 0) is 41.3 Å². The van der Waals surface area contributed by atoms with Crippen molar-refractivity contribution in [2.24, 2.45) is 0 Å². The summed E-state index contributed by atoms with van der Waals surface area (Å²) in [7, 11) is -3.81. The molecule has 3 nitrogen and oxygen atoms in total. The summed E-state index contributed by atoms with van der Waals surface area (Å²) < 4.78 is 29.9. The van der Waals surface area contributed by atoms with Gasteiger partial charge in [0.1, 0.15) is 4.90 Å². The molecule has 0 aromatic heterocycles. The van der Waals surface area contributed by atoms with Gasteiger partial charge in [-0.2, -0.15) is 8.42 Å². The Bertz CT molecular complexity index is 978. The molecule has 0 fully saturated rings. The van der Waals surface area contributed by atoms with Crippen LogP contribution in [0.4, 0.5) is 0 Å². The zero-order valence-corrected chi connectivity index (χ0v) is 16.1. The van der Waals surface area contributed by atoms with Gasteiger partial charge >= 0.3 is 0 Å². The van der Waals surface area contributed by atoms with Crippen molar-refractivity contribution in [3.8, 4) is 0 Å². The van der Waals surface area contributed by atoms with Crippen molar-refractivity contribution in [2.45, 2.75) is 11.8 Å². The number of benzene rings is 3. The van der Waals surface area contributed by atoms with E-state index in [-0.39, 0.29) is 41.1 Å². The van der Waals surface area contributed by atoms with Crippen LogP contribution < -0.4 is 0 Å². The maximum Gasteiger partial charge on any atom is 0.297 e. The van der Waals surface area contributed by atoms with E-state index in [1.54, 1.807) is 19.1 Å². The number of fused-ring (bicyclic) bond motifs is 2. The van der Waals surface area contributed by atoms with E-state index in [2.05, 4.69) is 6.58 Å². The molecular weight excluding hydrogens is 319 g/mol. The summed E-state index contributed by atoms with van der Waals surface area (Å²) in [6, 6.07) is 17.0. The van der Waals surface area contributed by atoms with Crippen LogP contribution in [0.1, 0.15) is 6.92 Å². The molecule has 0 saturated heterocycles. The fourth-order valence-corrected chi connectivity index (χ4v) is 3.57. The molecule has 0 aliphatic heterocycles.